The van der Waals surface area contributed by atoms with Gasteiger partial charge in [0, 0.05) is 25.3 Å². The van der Waals surface area contributed by atoms with Crippen LogP contribution in [0.25, 0.3) is 0 Å². The first-order valence-corrected chi connectivity index (χ1v) is 8.06. The molecule has 0 atom stereocenters. The van der Waals surface area contributed by atoms with Gasteiger partial charge in [0.1, 0.15) is 5.75 Å². The molecule has 0 aliphatic heterocycles. The van der Waals surface area contributed by atoms with E-state index in [4.69, 9.17) is 0 Å². The summed E-state index contributed by atoms with van der Waals surface area (Å²) in [5.74, 6) is -2.02. The second-order valence-corrected chi connectivity index (χ2v) is 5.97. The molecule has 2 aromatic rings. The van der Waals surface area contributed by atoms with Crippen molar-refractivity contribution in [3.05, 3.63) is 59.7 Å². The third-order valence-electron chi connectivity index (χ3n) is 3.56. The van der Waals surface area contributed by atoms with E-state index in [1.54, 1.807) is 26.2 Å². The summed E-state index contributed by atoms with van der Waals surface area (Å²) in [6.07, 6.45) is -5.34. The molecule has 9 heteroatoms. The van der Waals surface area contributed by atoms with Gasteiger partial charge in [-0.15, -0.1) is 13.2 Å². The minimum absolute atomic E-state index is 0.116. The van der Waals surface area contributed by atoms with Crippen LogP contribution >= 0.6 is 0 Å². The average Bonchev–Trinajstić information content (AvgIpc) is 2.61. The Morgan fingerprint density at radius 3 is 2.07 bits per heavy atom. The summed E-state index contributed by atoms with van der Waals surface area (Å²) in [5, 5.41) is 2.41. The minimum atomic E-state index is -4.81. The molecule has 1 N–H and O–H groups in total. The van der Waals surface area contributed by atoms with Gasteiger partial charge < -0.3 is 15.0 Å². The Morgan fingerprint density at radius 2 is 1.54 bits per heavy atom. The highest BCUT2D eigenvalue weighted by Crippen LogP contribution is 2.24. The number of carbonyl (C=O) groups excluding carboxylic acids is 3. The number of hydrogen-bond acceptors (Lipinski definition) is 4. The number of benzene rings is 2. The van der Waals surface area contributed by atoms with E-state index in [0.717, 1.165) is 12.1 Å². The third-order valence-corrected chi connectivity index (χ3v) is 3.56. The Morgan fingerprint density at radius 1 is 0.964 bits per heavy atom. The summed E-state index contributed by atoms with van der Waals surface area (Å²) in [7, 11) is 3.09. The van der Waals surface area contributed by atoms with E-state index in [2.05, 4.69) is 10.1 Å². The number of halogens is 3. The molecule has 2 amide bonds. The third kappa shape index (κ3) is 5.83. The van der Waals surface area contributed by atoms with Crippen molar-refractivity contribution < 1.29 is 32.3 Å². The Bertz CT molecular complexity index is 877. The van der Waals surface area contributed by atoms with E-state index in [-0.39, 0.29) is 22.7 Å². The molecule has 0 heterocycles. The Labute approximate surface area is 158 Å². The lowest BCUT2D eigenvalue weighted by Crippen LogP contribution is -2.25. The van der Waals surface area contributed by atoms with Crippen molar-refractivity contribution in [2.24, 2.45) is 0 Å². The molecule has 0 fully saturated rings. The summed E-state index contributed by atoms with van der Waals surface area (Å²) in [6.45, 7) is 0. The molecule has 0 saturated heterocycles. The van der Waals surface area contributed by atoms with Crippen molar-refractivity contribution in [3.8, 4) is 5.75 Å². The van der Waals surface area contributed by atoms with Gasteiger partial charge in [-0.25, -0.2) is 0 Å². The van der Waals surface area contributed by atoms with Gasteiger partial charge in [-0.05, 0) is 30.3 Å². The Balaban J connectivity index is 2.04. The average molecular weight is 394 g/mol. The lowest BCUT2D eigenvalue weighted by atomic mass is 10.0. The number of hydrogen-bond donors (Lipinski definition) is 1. The number of carbonyl (C=O) groups is 3. The van der Waals surface area contributed by atoms with Crippen LogP contribution in [-0.2, 0) is 4.79 Å². The smallest absolute Gasteiger partial charge is 0.406 e. The van der Waals surface area contributed by atoms with Crippen LogP contribution in [-0.4, -0.2) is 43.0 Å². The summed E-state index contributed by atoms with van der Waals surface area (Å²) < 4.78 is 40.2. The van der Waals surface area contributed by atoms with Crippen LogP contribution in [0, 0.1) is 0 Å². The predicted molar refractivity (Wildman–Crippen MR) is 95.2 cm³/mol. The molecular weight excluding hydrogens is 377 g/mol. The molecule has 0 aliphatic carbocycles. The predicted octanol–water partition coefficient (Wildman–Crippen LogP) is 3.50. The maximum absolute atomic E-state index is 12.4. The van der Waals surface area contributed by atoms with Crippen LogP contribution in [0.1, 0.15) is 27.1 Å². The fourth-order valence-electron chi connectivity index (χ4n) is 2.34. The second-order valence-electron chi connectivity index (χ2n) is 5.97. The fraction of sp³-hybridized carbons (Fsp3) is 0.211. The highest BCUT2D eigenvalue weighted by Gasteiger charge is 2.31. The van der Waals surface area contributed by atoms with Crippen molar-refractivity contribution in [2.45, 2.75) is 12.8 Å². The molecule has 2 rings (SSSR count). The van der Waals surface area contributed by atoms with E-state index in [1.165, 1.54) is 29.2 Å². The van der Waals surface area contributed by atoms with Gasteiger partial charge in [-0.2, -0.15) is 0 Å². The van der Waals surface area contributed by atoms with Crippen molar-refractivity contribution >= 4 is 23.3 Å². The monoisotopic (exact) mass is 394 g/mol. The minimum Gasteiger partial charge on any atom is -0.406 e. The number of anilines is 1. The summed E-state index contributed by atoms with van der Waals surface area (Å²) in [4.78, 5) is 38.0. The zero-order chi connectivity index (χ0) is 20.9. The van der Waals surface area contributed by atoms with Crippen molar-refractivity contribution in [1.82, 2.24) is 4.90 Å². The van der Waals surface area contributed by atoms with E-state index in [0.29, 0.717) is 0 Å². The molecule has 0 bridgehead atoms. The largest absolute Gasteiger partial charge is 0.573 e. The number of alkyl halides is 3. The number of rotatable bonds is 6. The van der Waals surface area contributed by atoms with Gasteiger partial charge in [0.2, 0.25) is 5.91 Å². The topological polar surface area (TPSA) is 75.7 Å². The molecule has 0 saturated carbocycles. The molecule has 0 radical (unpaired) electrons. The van der Waals surface area contributed by atoms with Crippen LogP contribution in [0.15, 0.2) is 48.5 Å². The molecule has 6 nitrogen and oxygen atoms in total. The van der Waals surface area contributed by atoms with E-state index in [9.17, 15) is 27.6 Å². The standard InChI is InChI=1S/C19H17F3N2O4/c1-24(2)18(27)15-6-4-3-5-14(15)16(25)11-17(26)23-12-7-9-13(10-8-12)28-19(20,21)22/h3-10H,11H2,1-2H3,(H,23,26). The highest BCUT2D eigenvalue weighted by molar-refractivity contribution is 6.15. The number of ether oxygens (including phenoxy) is 1. The maximum Gasteiger partial charge on any atom is 0.573 e. The molecule has 0 spiro atoms. The maximum atomic E-state index is 12.4. The molecule has 0 aromatic heterocycles. The van der Waals surface area contributed by atoms with Gasteiger partial charge in [-0.1, -0.05) is 18.2 Å². The lowest BCUT2D eigenvalue weighted by Gasteiger charge is -2.13. The van der Waals surface area contributed by atoms with Gasteiger partial charge >= 0.3 is 6.36 Å². The van der Waals surface area contributed by atoms with Gasteiger partial charge in [0.15, 0.2) is 5.78 Å². The number of nitrogens with zero attached hydrogens (tertiary/aromatic N) is 1. The number of ketones is 1. The molecular formula is C19H17F3N2O4. The van der Waals surface area contributed by atoms with Gasteiger partial charge in [0.05, 0.1) is 12.0 Å². The van der Waals surface area contributed by atoms with Gasteiger partial charge in [-0.3, -0.25) is 14.4 Å². The van der Waals surface area contributed by atoms with Crippen LogP contribution < -0.4 is 10.1 Å². The highest BCUT2D eigenvalue weighted by atomic mass is 19.4. The first kappa shape index (κ1) is 20.9. The SMILES string of the molecule is CN(C)C(=O)c1ccccc1C(=O)CC(=O)Nc1ccc(OC(F)(F)F)cc1. The zero-order valence-corrected chi connectivity index (χ0v) is 15.0. The normalized spacial score (nSPS) is 10.9. The number of Topliss-reactive ketones (excluding diaryl/α,β-unsaturated/α-hetero) is 1. The Kier molecular flexibility index (Phi) is 6.40. The molecule has 0 aliphatic rings. The van der Waals surface area contributed by atoms with Crippen LogP contribution in [0.5, 0.6) is 5.75 Å². The molecule has 28 heavy (non-hydrogen) atoms. The lowest BCUT2D eigenvalue weighted by molar-refractivity contribution is -0.274. The summed E-state index contributed by atoms with van der Waals surface area (Å²) in [5.41, 5.74) is 0.495. The van der Waals surface area contributed by atoms with E-state index < -0.39 is 30.2 Å². The fourth-order valence-corrected chi connectivity index (χ4v) is 2.34. The Hall–Kier alpha value is -3.36. The first-order chi connectivity index (χ1) is 13.1. The van der Waals surface area contributed by atoms with E-state index in [1.807, 2.05) is 0 Å². The van der Waals surface area contributed by atoms with Crippen LogP contribution in [0.2, 0.25) is 0 Å². The molecule has 0 unspecified atom stereocenters. The van der Waals surface area contributed by atoms with Crippen molar-refractivity contribution in [2.75, 3.05) is 19.4 Å². The quantitative estimate of drug-likeness (QED) is 0.601. The number of nitrogens with one attached hydrogen (secondary N) is 1. The summed E-state index contributed by atoms with van der Waals surface area (Å²) in [6, 6.07) is 10.6. The molecule has 148 valence electrons. The van der Waals surface area contributed by atoms with Gasteiger partial charge in [0.25, 0.3) is 5.91 Å². The second kappa shape index (κ2) is 8.55. The van der Waals surface area contributed by atoms with E-state index >= 15 is 0 Å². The zero-order valence-electron chi connectivity index (χ0n) is 15.0. The van der Waals surface area contributed by atoms with Crippen LogP contribution in [0.4, 0.5) is 18.9 Å². The van der Waals surface area contributed by atoms with Crippen molar-refractivity contribution in [1.29, 1.82) is 0 Å². The first-order valence-electron chi connectivity index (χ1n) is 8.06. The van der Waals surface area contributed by atoms with Crippen molar-refractivity contribution in [3.63, 3.8) is 0 Å². The number of amides is 2. The molecule has 2 aromatic carbocycles. The van der Waals surface area contributed by atoms with Crippen LogP contribution in [0.3, 0.4) is 0 Å². The summed E-state index contributed by atoms with van der Waals surface area (Å²) >= 11 is 0.